The van der Waals surface area contributed by atoms with Crippen molar-refractivity contribution in [3.05, 3.63) is 215 Å². The Kier molecular flexibility index (Phi) is 11.1. The van der Waals surface area contributed by atoms with E-state index in [9.17, 15) is 0 Å². The van der Waals surface area contributed by atoms with Crippen LogP contribution in [0, 0.1) is 41.5 Å². The van der Waals surface area contributed by atoms with Crippen LogP contribution < -0.4 is 9.80 Å². The van der Waals surface area contributed by atoms with Crippen LogP contribution in [-0.2, 0) is 0 Å². The van der Waals surface area contributed by atoms with Gasteiger partial charge in [0.05, 0.1) is 17.1 Å². The average molecular weight is 857 g/mol. The summed E-state index contributed by atoms with van der Waals surface area (Å²) in [5.41, 5.74) is 14.8. The molecule has 10 aromatic rings. The van der Waals surface area contributed by atoms with Crippen molar-refractivity contribution < 1.29 is 0 Å². The number of benzene rings is 8. The van der Waals surface area contributed by atoms with Gasteiger partial charge in [-0.3, -0.25) is 0 Å². The third-order valence-electron chi connectivity index (χ3n) is 11.9. The van der Waals surface area contributed by atoms with Crippen LogP contribution in [0.4, 0.5) is 34.6 Å². The minimum absolute atomic E-state index is 0.357. The lowest BCUT2D eigenvalue weighted by atomic mass is 9.99. The van der Waals surface area contributed by atoms with E-state index >= 15 is 0 Å². The predicted octanol–water partition coefficient (Wildman–Crippen LogP) is 14.7. The lowest BCUT2D eigenvalue weighted by Crippen LogP contribution is -2.19. The fraction of sp³-hybridized carbons (Fsp3) is 0.103. The van der Waals surface area contributed by atoms with Gasteiger partial charge >= 0.3 is 0 Å². The Bertz CT molecular complexity index is 3210. The smallest absolute Gasteiger partial charge is 0.241 e. The lowest BCUT2D eigenvalue weighted by molar-refractivity contribution is 0.964. The summed E-state index contributed by atoms with van der Waals surface area (Å²) >= 11 is 0. The van der Waals surface area contributed by atoms with Crippen LogP contribution in [0.1, 0.15) is 33.4 Å². The molecule has 0 saturated carbocycles. The second-order valence-electron chi connectivity index (χ2n) is 16.9. The lowest BCUT2D eigenvalue weighted by Gasteiger charge is -2.32. The van der Waals surface area contributed by atoms with Gasteiger partial charge in [-0.15, -0.1) is 0 Å². The second-order valence-corrected chi connectivity index (χ2v) is 16.9. The fourth-order valence-electron chi connectivity index (χ4n) is 9.11. The number of hydrogen-bond acceptors (Lipinski definition) is 8. The van der Waals surface area contributed by atoms with Crippen molar-refractivity contribution in [1.29, 1.82) is 0 Å². The summed E-state index contributed by atoms with van der Waals surface area (Å²) in [5.74, 6) is 2.81. The van der Waals surface area contributed by atoms with Crippen LogP contribution >= 0.6 is 0 Å². The summed E-state index contributed by atoms with van der Waals surface area (Å²) in [6.07, 6.45) is 0. The molecule has 0 aliphatic carbocycles. The molecule has 0 aliphatic rings. The van der Waals surface area contributed by atoms with Gasteiger partial charge in [-0.25, -0.2) is 14.9 Å². The Morgan fingerprint density at radius 3 is 1.14 bits per heavy atom. The first-order valence-corrected chi connectivity index (χ1v) is 22.2. The standard InChI is InChI=1S/C58H48N8/c1-37-33-39(3)51(40(4)34-37)65(52-41(5)35-38(2)36-42(52)6)47-29-31-48(32-30-47)66(57-61-53(44-20-10-7-11-21-44)59-54(62-57)45-22-12-8-13-23-45)58-63-55(46-24-14-9-15-25-46)60-56(64-58)50-28-18-26-43-19-16-17-27-49(43)50/h7-36H,1-6H3. The highest BCUT2D eigenvalue weighted by atomic mass is 15.4. The van der Waals surface area contributed by atoms with Gasteiger partial charge in [0.25, 0.3) is 0 Å². The van der Waals surface area contributed by atoms with Gasteiger partial charge in [0.1, 0.15) is 0 Å². The van der Waals surface area contributed by atoms with Crippen LogP contribution in [0.25, 0.3) is 56.3 Å². The van der Waals surface area contributed by atoms with E-state index in [0.717, 1.165) is 55.8 Å². The summed E-state index contributed by atoms with van der Waals surface area (Å²) in [7, 11) is 0. The second kappa shape index (κ2) is 17.7. The molecule has 8 nitrogen and oxygen atoms in total. The minimum Gasteiger partial charge on any atom is -0.309 e. The number of fused-ring (bicyclic) bond motifs is 1. The molecule has 2 aromatic heterocycles. The van der Waals surface area contributed by atoms with Crippen molar-refractivity contribution in [3.8, 4) is 45.6 Å². The highest BCUT2D eigenvalue weighted by Crippen LogP contribution is 2.44. The summed E-state index contributed by atoms with van der Waals surface area (Å²) < 4.78 is 0. The first-order chi connectivity index (χ1) is 32.2. The fourth-order valence-corrected chi connectivity index (χ4v) is 9.11. The highest BCUT2D eigenvalue weighted by Gasteiger charge is 2.26. The molecule has 0 spiro atoms. The average Bonchev–Trinajstić information content (AvgIpc) is 3.34. The molecule has 0 fully saturated rings. The number of hydrogen-bond donors (Lipinski definition) is 0. The molecule has 0 aliphatic heterocycles. The Labute approximate surface area is 386 Å². The Morgan fingerprint density at radius 1 is 0.318 bits per heavy atom. The molecule has 320 valence electrons. The monoisotopic (exact) mass is 856 g/mol. The summed E-state index contributed by atoms with van der Waals surface area (Å²) in [6.45, 7) is 13.1. The molecule has 8 heteroatoms. The molecule has 0 saturated heterocycles. The van der Waals surface area contributed by atoms with Gasteiger partial charge in [0.15, 0.2) is 23.3 Å². The molecule has 0 N–H and O–H groups in total. The van der Waals surface area contributed by atoms with E-state index in [2.05, 4.69) is 119 Å². The molecule has 0 atom stereocenters. The normalized spacial score (nSPS) is 11.2. The first-order valence-electron chi connectivity index (χ1n) is 22.2. The molecule has 8 aromatic carbocycles. The van der Waals surface area contributed by atoms with Crippen molar-refractivity contribution in [3.63, 3.8) is 0 Å². The van der Waals surface area contributed by atoms with Crippen molar-refractivity contribution in [2.45, 2.75) is 41.5 Å². The zero-order valence-corrected chi connectivity index (χ0v) is 37.9. The van der Waals surface area contributed by atoms with Gasteiger partial charge in [-0.1, -0.05) is 169 Å². The highest BCUT2D eigenvalue weighted by molar-refractivity contribution is 5.95. The van der Waals surface area contributed by atoms with E-state index in [1.54, 1.807) is 0 Å². The number of anilines is 6. The molecule has 0 amide bonds. The van der Waals surface area contributed by atoms with E-state index in [1.807, 2.05) is 114 Å². The third-order valence-corrected chi connectivity index (χ3v) is 11.9. The maximum Gasteiger partial charge on any atom is 0.241 e. The maximum absolute atomic E-state index is 5.35. The zero-order chi connectivity index (χ0) is 45.3. The van der Waals surface area contributed by atoms with Gasteiger partial charge < -0.3 is 4.90 Å². The Hall–Kier alpha value is -8.36. The van der Waals surface area contributed by atoms with Crippen molar-refractivity contribution >= 4 is 45.4 Å². The van der Waals surface area contributed by atoms with Crippen LogP contribution in [0.15, 0.2) is 182 Å². The number of aryl methyl sites for hydroxylation is 6. The van der Waals surface area contributed by atoms with Gasteiger partial charge in [-0.2, -0.15) is 19.9 Å². The topological polar surface area (TPSA) is 83.8 Å². The van der Waals surface area contributed by atoms with Crippen LogP contribution in [-0.4, -0.2) is 29.9 Å². The zero-order valence-electron chi connectivity index (χ0n) is 37.9. The van der Waals surface area contributed by atoms with Crippen LogP contribution in [0.5, 0.6) is 0 Å². The molecule has 2 heterocycles. The molecule has 10 rings (SSSR count). The summed E-state index contributed by atoms with van der Waals surface area (Å²) in [4.78, 5) is 35.7. The van der Waals surface area contributed by atoms with E-state index in [-0.39, 0.29) is 0 Å². The minimum atomic E-state index is 0.357. The summed E-state index contributed by atoms with van der Waals surface area (Å²) in [5, 5.41) is 2.12. The quantitative estimate of drug-likeness (QED) is 0.134. The number of nitrogens with zero attached hydrogens (tertiary/aromatic N) is 8. The van der Waals surface area contributed by atoms with E-state index in [0.29, 0.717) is 35.2 Å². The molecule has 0 unspecified atom stereocenters. The molecule has 66 heavy (non-hydrogen) atoms. The van der Waals surface area contributed by atoms with Crippen molar-refractivity contribution in [2.75, 3.05) is 9.80 Å². The van der Waals surface area contributed by atoms with Gasteiger partial charge in [-0.05, 0) is 98.8 Å². The molecular formula is C58H48N8. The van der Waals surface area contributed by atoms with Crippen LogP contribution in [0.2, 0.25) is 0 Å². The molecular weight excluding hydrogens is 809 g/mol. The van der Waals surface area contributed by atoms with Gasteiger partial charge in [0.2, 0.25) is 11.9 Å². The van der Waals surface area contributed by atoms with E-state index in [1.165, 1.54) is 33.4 Å². The Morgan fingerprint density at radius 2 is 0.682 bits per heavy atom. The molecule has 0 bridgehead atoms. The predicted molar refractivity (Wildman–Crippen MR) is 270 cm³/mol. The van der Waals surface area contributed by atoms with E-state index in [4.69, 9.17) is 29.9 Å². The third kappa shape index (κ3) is 8.16. The SMILES string of the molecule is Cc1cc(C)c(N(c2ccc(N(c3nc(-c4ccccc4)nc(-c4ccccc4)n3)c3nc(-c4ccccc4)nc(-c4cccc5ccccc45)n3)cc2)c2c(C)cc(C)cc2C)c(C)c1. The van der Waals surface area contributed by atoms with E-state index < -0.39 is 0 Å². The number of aromatic nitrogens is 6. The van der Waals surface area contributed by atoms with Crippen LogP contribution in [0.3, 0.4) is 0 Å². The summed E-state index contributed by atoms with van der Waals surface area (Å²) in [6, 6.07) is 62.2. The van der Waals surface area contributed by atoms with Crippen molar-refractivity contribution in [1.82, 2.24) is 29.9 Å². The Balaban J connectivity index is 1.24. The molecule has 0 radical (unpaired) electrons. The van der Waals surface area contributed by atoms with Crippen molar-refractivity contribution in [2.24, 2.45) is 0 Å². The first kappa shape index (κ1) is 41.6. The van der Waals surface area contributed by atoms with Gasteiger partial charge in [0, 0.05) is 27.9 Å². The number of rotatable bonds is 10. The largest absolute Gasteiger partial charge is 0.309 e. The maximum atomic E-state index is 5.35.